The van der Waals surface area contributed by atoms with Crippen LogP contribution in [0.3, 0.4) is 0 Å². The molecule has 2 aromatic carbocycles. The van der Waals surface area contributed by atoms with Gasteiger partial charge in [0.05, 0.1) is 6.61 Å². The standard InChI is InChI=1S/C16H14O4/c17-9-11-6-7-13-14(8-11)19-15(10-18)16(20-13)12-4-2-1-3-5-12/h1-9,15-16,18H,10H2/t15-,16-/m0/s1. The Morgan fingerprint density at radius 3 is 2.55 bits per heavy atom. The zero-order chi connectivity index (χ0) is 13.9. The van der Waals surface area contributed by atoms with Crippen molar-refractivity contribution in [2.24, 2.45) is 0 Å². The Hall–Kier alpha value is -2.33. The molecular formula is C16H14O4. The maximum Gasteiger partial charge on any atom is 0.163 e. The lowest BCUT2D eigenvalue weighted by Crippen LogP contribution is -2.36. The average molecular weight is 270 g/mol. The molecule has 102 valence electrons. The van der Waals surface area contributed by atoms with Crippen LogP contribution >= 0.6 is 0 Å². The van der Waals surface area contributed by atoms with Gasteiger partial charge in [-0.15, -0.1) is 0 Å². The number of hydrogen-bond donors (Lipinski definition) is 1. The number of aliphatic hydroxyl groups is 1. The molecule has 20 heavy (non-hydrogen) atoms. The number of carbonyl (C=O) groups is 1. The van der Waals surface area contributed by atoms with Crippen LogP contribution in [0.1, 0.15) is 22.0 Å². The van der Waals surface area contributed by atoms with E-state index in [1.165, 1.54) is 0 Å². The molecule has 0 fully saturated rings. The summed E-state index contributed by atoms with van der Waals surface area (Å²) in [7, 11) is 0. The first-order valence-electron chi connectivity index (χ1n) is 6.40. The fourth-order valence-electron chi connectivity index (χ4n) is 2.28. The van der Waals surface area contributed by atoms with Crippen LogP contribution in [0.15, 0.2) is 48.5 Å². The molecule has 0 aliphatic carbocycles. The zero-order valence-electron chi connectivity index (χ0n) is 10.7. The molecule has 0 unspecified atom stereocenters. The van der Waals surface area contributed by atoms with E-state index in [-0.39, 0.29) is 12.7 Å². The van der Waals surface area contributed by atoms with Crippen LogP contribution in [-0.2, 0) is 0 Å². The highest BCUT2D eigenvalue weighted by Crippen LogP contribution is 2.39. The van der Waals surface area contributed by atoms with E-state index < -0.39 is 6.10 Å². The summed E-state index contributed by atoms with van der Waals surface area (Å²) >= 11 is 0. The highest BCUT2D eigenvalue weighted by atomic mass is 16.6. The number of aliphatic hydroxyl groups excluding tert-OH is 1. The maximum atomic E-state index is 10.8. The molecule has 0 amide bonds. The first-order chi connectivity index (χ1) is 9.81. The van der Waals surface area contributed by atoms with Gasteiger partial charge in [-0.2, -0.15) is 0 Å². The van der Waals surface area contributed by atoms with E-state index in [9.17, 15) is 9.90 Å². The smallest absolute Gasteiger partial charge is 0.163 e. The average Bonchev–Trinajstić information content (AvgIpc) is 2.53. The summed E-state index contributed by atoms with van der Waals surface area (Å²) < 4.78 is 11.7. The lowest BCUT2D eigenvalue weighted by Gasteiger charge is -2.33. The molecule has 2 atom stereocenters. The Bertz CT molecular complexity index is 609. The Kier molecular flexibility index (Phi) is 3.39. The molecule has 0 saturated heterocycles. The molecule has 1 N–H and O–H groups in total. The predicted octanol–water partition coefficient (Wildman–Crippen LogP) is 2.37. The van der Waals surface area contributed by atoms with E-state index in [1.807, 2.05) is 30.3 Å². The van der Waals surface area contributed by atoms with Gasteiger partial charge in [-0.25, -0.2) is 0 Å². The third-order valence-corrected chi connectivity index (χ3v) is 3.28. The van der Waals surface area contributed by atoms with Crippen molar-refractivity contribution >= 4 is 6.29 Å². The maximum absolute atomic E-state index is 10.8. The lowest BCUT2D eigenvalue weighted by molar-refractivity contribution is -0.0123. The normalized spacial score (nSPS) is 20.4. The zero-order valence-corrected chi connectivity index (χ0v) is 10.7. The number of fused-ring (bicyclic) bond motifs is 1. The van der Waals surface area contributed by atoms with Crippen molar-refractivity contribution in [1.29, 1.82) is 0 Å². The summed E-state index contributed by atoms with van der Waals surface area (Å²) in [6.07, 6.45) is -0.108. The van der Waals surface area contributed by atoms with Gasteiger partial charge in [0.25, 0.3) is 0 Å². The second-order valence-electron chi connectivity index (χ2n) is 4.61. The van der Waals surface area contributed by atoms with Crippen molar-refractivity contribution < 1.29 is 19.4 Å². The SMILES string of the molecule is O=Cc1ccc2c(c1)O[C@@H](CO)[C@H](c1ccccc1)O2. The van der Waals surface area contributed by atoms with Crippen molar-refractivity contribution in [2.45, 2.75) is 12.2 Å². The van der Waals surface area contributed by atoms with Crippen LogP contribution in [0.25, 0.3) is 0 Å². The van der Waals surface area contributed by atoms with Gasteiger partial charge in [0, 0.05) is 5.56 Å². The van der Waals surface area contributed by atoms with E-state index in [0.29, 0.717) is 17.1 Å². The van der Waals surface area contributed by atoms with Crippen LogP contribution in [-0.4, -0.2) is 24.1 Å². The van der Waals surface area contributed by atoms with Crippen molar-refractivity contribution in [3.63, 3.8) is 0 Å². The molecule has 4 nitrogen and oxygen atoms in total. The minimum Gasteiger partial charge on any atom is -0.480 e. The third kappa shape index (κ3) is 2.26. The first-order valence-corrected chi connectivity index (χ1v) is 6.40. The summed E-state index contributed by atoms with van der Waals surface area (Å²) in [5.74, 6) is 1.06. The second kappa shape index (κ2) is 5.35. The molecule has 2 aromatic rings. The molecular weight excluding hydrogens is 256 g/mol. The quantitative estimate of drug-likeness (QED) is 0.870. The van der Waals surface area contributed by atoms with Crippen molar-refractivity contribution in [3.05, 3.63) is 59.7 Å². The summed E-state index contributed by atoms with van der Waals surface area (Å²) in [5, 5.41) is 9.50. The minimum atomic E-state index is -0.494. The van der Waals surface area contributed by atoms with Crippen LogP contribution in [0, 0.1) is 0 Å². The molecule has 0 radical (unpaired) electrons. The van der Waals surface area contributed by atoms with Gasteiger partial charge in [-0.05, 0) is 23.8 Å². The Labute approximate surface area is 116 Å². The molecule has 1 heterocycles. The molecule has 0 spiro atoms. The van der Waals surface area contributed by atoms with E-state index in [2.05, 4.69) is 0 Å². The van der Waals surface area contributed by atoms with Crippen molar-refractivity contribution in [1.82, 2.24) is 0 Å². The van der Waals surface area contributed by atoms with E-state index in [0.717, 1.165) is 11.8 Å². The molecule has 1 aliphatic heterocycles. The molecule has 0 aromatic heterocycles. The Morgan fingerprint density at radius 2 is 1.85 bits per heavy atom. The summed E-state index contributed by atoms with van der Waals surface area (Å²) in [4.78, 5) is 10.8. The first kappa shape index (κ1) is 12.7. The van der Waals surface area contributed by atoms with Crippen LogP contribution in [0.2, 0.25) is 0 Å². The van der Waals surface area contributed by atoms with Crippen molar-refractivity contribution in [3.8, 4) is 11.5 Å². The van der Waals surface area contributed by atoms with Gasteiger partial charge in [0.1, 0.15) is 6.29 Å². The third-order valence-electron chi connectivity index (χ3n) is 3.28. The summed E-state index contributed by atoms with van der Waals surface area (Å²) in [5.41, 5.74) is 1.46. The second-order valence-corrected chi connectivity index (χ2v) is 4.61. The number of benzene rings is 2. The van der Waals surface area contributed by atoms with E-state index in [4.69, 9.17) is 9.47 Å². The summed E-state index contributed by atoms with van der Waals surface area (Å²) in [6, 6.07) is 14.6. The van der Waals surface area contributed by atoms with Gasteiger partial charge >= 0.3 is 0 Å². The van der Waals surface area contributed by atoms with Gasteiger partial charge in [-0.3, -0.25) is 4.79 Å². The predicted molar refractivity (Wildman–Crippen MR) is 73.1 cm³/mol. The number of aldehydes is 1. The molecule has 0 saturated carbocycles. The van der Waals surface area contributed by atoms with E-state index in [1.54, 1.807) is 18.2 Å². The Balaban J connectivity index is 1.96. The lowest BCUT2D eigenvalue weighted by atomic mass is 10.0. The molecule has 0 bridgehead atoms. The number of carbonyl (C=O) groups excluding carboxylic acids is 1. The fourth-order valence-corrected chi connectivity index (χ4v) is 2.28. The molecule has 3 rings (SSSR count). The van der Waals surface area contributed by atoms with Gasteiger partial charge in [0.2, 0.25) is 0 Å². The van der Waals surface area contributed by atoms with Gasteiger partial charge in [-0.1, -0.05) is 30.3 Å². The highest BCUT2D eigenvalue weighted by molar-refractivity contribution is 5.76. The fraction of sp³-hybridized carbons (Fsp3) is 0.188. The summed E-state index contributed by atoms with van der Waals surface area (Å²) in [6.45, 7) is -0.162. The van der Waals surface area contributed by atoms with Crippen molar-refractivity contribution in [2.75, 3.05) is 6.61 Å². The van der Waals surface area contributed by atoms with Gasteiger partial charge in [0.15, 0.2) is 23.7 Å². The molecule has 1 aliphatic rings. The number of rotatable bonds is 3. The number of hydrogen-bond acceptors (Lipinski definition) is 4. The molecule has 4 heteroatoms. The highest BCUT2D eigenvalue weighted by Gasteiger charge is 2.32. The largest absolute Gasteiger partial charge is 0.480 e. The number of ether oxygens (including phenoxy) is 2. The Morgan fingerprint density at radius 1 is 1.05 bits per heavy atom. The van der Waals surface area contributed by atoms with E-state index >= 15 is 0 Å². The topological polar surface area (TPSA) is 55.8 Å². The van der Waals surface area contributed by atoms with Crippen LogP contribution in [0.5, 0.6) is 11.5 Å². The minimum absolute atomic E-state index is 0.162. The van der Waals surface area contributed by atoms with Crippen LogP contribution < -0.4 is 9.47 Å². The monoisotopic (exact) mass is 270 g/mol. The van der Waals surface area contributed by atoms with Crippen LogP contribution in [0.4, 0.5) is 0 Å². The van der Waals surface area contributed by atoms with Gasteiger partial charge < -0.3 is 14.6 Å².